The van der Waals surface area contributed by atoms with E-state index >= 15 is 0 Å². The molecule has 0 radical (unpaired) electrons. The molecule has 0 spiro atoms. The number of hydrogen-bond acceptors (Lipinski definition) is 6. The predicted molar refractivity (Wildman–Crippen MR) is 261 cm³/mol. The Morgan fingerprint density at radius 1 is 0.557 bits per heavy atom. The van der Waals surface area contributed by atoms with E-state index in [-0.39, 0.29) is 12.5 Å². The van der Waals surface area contributed by atoms with Crippen LogP contribution in [0.15, 0.2) is 48.6 Å². The van der Waals surface area contributed by atoms with Gasteiger partial charge in [-0.05, 0) is 70.6 Å². The molecule has 2 N–H and O–H groups in total. The van der Waals surface area contributed by atoms with Crippen molar-refractivity contribution >= 4 is 13.7 Å². The van der Waals surface area contributed by atoms with Crippen molar-refractivity contribution in [2.75, 3.05) is 40.9 Å². The smallest absolute Gasteiger partial charge is 0.268 e. The van der Waals surface area contributed by atoms with Gasteiger partial charge in [-0.3, -0.25) is 9.36 Å². The zero-order chi connectivity index (χ0) is 45.0. The number of carbonyl (C=O) groups is 1. The van der Waals surface area contributed by atoms with Gasteiger partial charge in [-0.25, -0.2) is 0 Å². The van der Waals surface area contributed by atoms with Crippen molar-refractivity contribution in [2.24, 2.45) is 0 Å². The van der Waals surface area contributed by atoms with Crippen LogP contribution in [0.3, 0.4) is 0 Å². The molecule has 3 unspecified atom stereocenters. The molecule has 0 saturated carbocycles. The number of aliphatic hydroxyl groups excluding tert-OH is 1. The van der Waals surface area contributed by atoms with Crippen LogP contribution in [0.25, 0.3) is 0 Å². The second-order valence-electron chi connectivity index (χ2n) is 18.5. The molecular formula is C52H99N2O6P. The number of likely N-dealkylation sites (N-methyl/N-ethyl adjacent to an activating group) is 1. The van der Waals surface area contributed by atoms with Crippen LogP contribution in [-0.4, -0.2) is 68.5 Å². The lowest BCUT2D eigenvalue weighted by molar-refractivity contribution is -0.870. The first-order valence-electron chi connectivity index (χ1n) is 25.5. The van der Waals surface area contributed by atoms with E-state index in [1.807, 2.05) is 27.2 Å². The summed E-state index contributed by atoms with van der Waals surface area (Å²) in [5, 5.41) is 13.8. The maximum Gasteiger partial charge on any atom is 0.268 e. The van der Waals surface area contributed by atoms with Gasteiger partial charge < -0.3 is 28.8 Å². The number of carbonyl (C=O) groups excluding carboxylic acids is 1. The third kappa shape index (κ3) is 46.3. The van der Waals surface area contributed by atoms with Crippen molar-refractivity contribution in [3.05, 3.63) is 48.6 Å². The van der Waals surface area contributed by atoms with Gasteiger partial charge in [-0.15, -0.1) is 0 Å². The number of nitrogens with zero attached hydrogens (tertiary/aromatic N) is 1. The minimum atomic E-state index is -4.61. The SMILES string of the molecule is CCCCCCCCCCC/C=C\CCCCCCCC(=O)NC(COP(=O)([O-])OCC[N+](C)(C)C)C(O)/C=C/CC/C=C/CC/C=C/CCCCCCCCCCCCC. The molecule has 8 nitrogen and oxygen atoms in total. The number of quaternary nitrogens is 1. The number of rotatable bonds is 46. The summed E-state index contributed by atoms with van der Waals surface area (Å²) in [6.45, 7) is 4.62. The van der Waals surface area contributed by atoms with Gasteiger partial charge in [0.15, 0.2) is 0 Å². The van der Waals surface area contributed by atoms with Gasteiger partial charge in [0.1, 0.15) is 13.2 Å². The van der Waals surface area contributed by atoms with Crippen LogP contribution in [0.5, 0.6) is 0 Å². The predicted octanol–water partition coefficient (Wildman–Crippen LogP) is 14.2. The van der Waals surface area contributed by atoms with Gasteiger partial charge in [0.2, 0.25) is 5.91 Å². The fraction of sp³-hybridized carbons (Fsp3) is 0.827. The molecule has 0 rings (SSSR count). The number of nitrogens with one attached hydrogen (secondary N) is 1. The summed E-state index contributed by atoms with van der Waals surface area (Å²) in [5.41, 5.74) is 0. The second kappa shape index (κ2) is 43.7. The van der Waals surface area contributed by atoms with Gasteiger partial charge in [-0.2, -0.15) is 0 Å². The first-order chi connectivity index (χ1) is 29.5. The Kier molecular flexibility index (Phi) is 42.6. The molecule has 0 saturated heterocycles. The molecule has 9 heteroatoms. The summed E-state index contributed by atoms with van der Waals surface area (Å²) < 4.78 is 23.2. The molecule has 0 aliphatic heterocycles. The maximum absolute atomic E-state index is 12.9. The molecule has 0 aromatic heterocycles. The van der Waals surface area contributed by atoms with Crippen LogP contribution in [0.2, 0.25) is 0 Å². The molecule has 0 fully saturated rings. The van der Waals surface area contributed by atoms with Crippen LogP contribution >= 0.6 is 7.82 Å². The first-order valence-corrected chi connectivity index (χ1v) is 27.0. The third-order valence-corrected chi connectivity index (χ3v) is 12.2. The molecule has 0 heterocycles. The Morgan fingerprint density at radius 3 is 1.33 bits per heavy atom. The maximum atomic E-state index is 12.9. The van der Waals surface area contributed by atoms with Crippen molar-refractivity contribution in [1.29, 1.82) is 0 Å². The summed E-state index contributed by atoms with van der Waals surface area (Å²) >= 11 is 0. The lowest BCUT2D eigenvalue weighted by Gasteiger charge is -2.29. The lowest BCUT2D eigenvalue weighted by Crippen LogP contribution is -2.45. The second-order valence-corrected chi connectivity index (χ2v) is 19.9. The topological polar surface area (TPSA) is 108 Å². The molecular weight excluding hydrogens is 780 g/mol. The Labute approximate surface area is 378 Å². The van der Waals surface area contributed by atoms with E-state index in [1.54, 1.807) is 6.08 Å². The van der Waals surface area contributed by atoms with Crippen LogP contribution in [0.4, 0.5) is 0 Å². The largest absolute Gasteiger partial charge is 0.756 e. The zero-order valence-electron chi connectivity index (χ0n) is 40.6. The number of hydrogen-bond donors (Lipinski definition) is 2. The van der Waals surface area contributed by atoms with Gasteiger partial charge >= 0.3 is 0 Å². The quantitative estimate of drug-likeness (QED) is 0.0273. The van der Waals surface area contributed by atoms with E-state index in [0.717, 1.165) is 64.2 Å². The molecule has 0 aromatic rings. The zero-order valence-corrected chi connectivity index (χ0v) is 41.5. The summed E-state index contributed by atoms with van der Waals surface area (Å²) in [7, 11) is 1.23. The number of amides is 1. The summed E-state index contributed by atoms with van der Waals surface area (Å²) in [4.78, 5) is 25.4. The minimum absolute atomic E-state index is 0.0113. The van der Waals surface area contributed by atoms with Crippen LogP contribution in [0, 0.1) is 0 Å². The molecule has 1 amide bonds. The van der Waals surface area contributed by atoms with Gasteiger partial charge in [0.05, 0.1) is 39.9 Å². The van der Waals surface area contributed by atoms with Crippen molar-refractivity contribution in [1.82, 2.24) is 5.32 Å². The summed E-state index contributed by atoms with van der Waals surface area (Å²) in [6.07, 6.45) is 56.0. The van der Waals surface area contributed by atoms with Crippen molar-refractivity contribution < 1.29 is 32.9 Å². The van der Waals surface area contributed by atoms with Crippen molar-refractivity contribution in [2.45, 2.75) is 238 Å². The van der Waals surface area contributed by atoms with Crippen LogP contribution < -0.4 is 10.2 Å². The third-order valence-electron chi connectivity index (χ3n) is 11.2. The lowest BCUT2D eigenvalue weighted by atomic mass is 10.1. The number of allylic oxidation sites excluding steroid dienone is 7. The summed E-state index contributed by atoms with van der Waals surface area (Å²) in [5.74, 6) is -0.219. The van der Waals surface area contributed by atoms with Crippen LogP contribution in [0.1, 0.15) is 226 Å². The van der Waals surface area contributed by atoms with Crippen LogP contribution in [-0.2, 0) is 18.4 Å². The molecule has 0 aromatic carbocycles. The first kappa shape index (κ1) is 59.5. The highest BCUT2D eigenvalue weighted by Gasteiger charge is 2.23. The molecule has 0 bridgehead atoms. The monoisotopic (exact) mass is 879 g/mol. The molecule has 3 atom stereocenters. The molecule has 61 heavy (non-hydrogen) atoms. The molecule has 0 aliphatic carbocycles. The standard InChI is InChI=1S/C52H99N2O6P/c1-6-8-10-12-14-16-18-20-22-24-26-27-28-29-31-33-35-37-39-41-43-45-51(55)50(49-60-61(57,58)59-48-47-54(3,4)5)53-52(56)46-44-42-40-38-36-34-32-30-25-23-21-19-17-15-13-11-9-7-2/h28-30,32,35,37,43,45,50-51,55H,6-27,31,33-34,36,38-42,44,46-49H2,1-5H3,(H-,53,56,57,58)/b29-28+,32-30-,37-35+,45-43+. The minimum Gasteiger partial charge on any atom is -0.756 e. The van der Waals surface area contributed by atoms with Gasteiger partial charge in [0, 0.05) is 6.42 Å². The average Bonchev–Trinajstić information content (AvgIpc) is 3.21. The average molecular weight is 879 g/mol. The Hall–Kier alpha value is -1.54. The van der Waals surface area contributed by atoms with E-state index in [1.165, 1.54) is 141 Å². The van der Waals surface area contributed by atoms with Crippen molar-refractivity contribution in [3.63, 3.8) is 0 Å². The Bertz CT molecular complexity index is 1130. The van der Waals surface area contributed by atoms with E-state index < -0.39 is 26.6 Å². The fourth-order valence-electron chi connectivity index (χ4n) is 7.18. The highest BCUT2D eigenvalue weighted by Crippen LogP contribution is 2.38. The van der Waals surface area contributed by atoms with E-state index in [9.17, 15) is 19.4 Å². The Balaban J connectivity index is 4.42. The molecule has 0 aliphatic rings. The number of phosphoric acid groups is 1. The van der Waals surface area contributed by atoms with E-state index in [0.29, 0.717) is 17.4 Å². The molecule has 358 valence electrons. The van der Waals surface area contributed by atoms with E-state index in [2.05, 4.69) is 55.6 Å². The highest BCUT2D eigenvalue weighted by atomic mass is 31.2. The number of aliphatic hydroxyl groups is 1. The highest BCUT2D eigenvalue weighted by molar-refractivity contribution is 7.45. The van der Waals surface area contributed by atoms with Gasteiger partial charge in [-0.1, -0.05) is 197 Å². The normalized spacial score (nSPS) is 14.5. The number of unbranched alkanes of at least 4 members (excludes halogenated alkanes) is 27. The van der Waals surface area contributed by atoms with Crippen molar-refractivity contribution in [3.8, 4) is 0 Å². The number of phosphoric ester groups is 1. The van der Waals surface area contributed by atoms with E-state index in [4.69, 9.17) is 9.05 Å². The fourth-order valence-corrected chi connectivity index (χ4v) is 7.90. The Morgan fingerprint density at radius 2 is 0.918 bits per heavy atom. The van der Waals surface area contributed by atoms with Gasteiger partial charge in [0.25, 0.3) is 7.82 Å². The summed E-state index contributed by atoms with van der Waals surface area (Å²) in [6, 6.07) is -0.914.